The summed E-state index contributed by atoms with van der Waals surface area (Å²) in [6, 6.07) is 8.45. The Balaban J connectivity index is 0.000000255. The molecule has 0 aromatic heterocycles. The van der Waals surface area contributed by atoms with E-state index in [-0.39, 0.29) is 0 Å². The standard InChI is InChI=1S/C8H10.C5H10O/c1-7-4-3-5-8(2)6-7;1-3-5(6)4-2/h3-6H,1-2H3;3-4H2,1-2H3. The van der Waals surface area contributed by atoms with Crippen LogP contribution in [-0.2, 0) is 4.79 Å². The van der Waals surface area contributed by atoms with Crippen molar-refractivity contribution in [1.82, 2.24) is 0 Å². The van der Waals surface area contributed by atoms with Gasteiger partial charge >= 0.3 is 0 Å². The van der Waals surface area contributed by atoms with Gasteiger partial charge in [-0.15, -0.1) is 0 Å². The zero-order valence-electron chi connectivity index (χ0n) is 9.63. The largest absolute Gasteiger partial charge is 0.300 e. The van der Waals surface area contributed by atoms with Gasteiger partial charge in [-0.3, -0.25) is 4.79 Å². The molecule has 0 spiro atoms. The van der Waals surface area contributed by atoms with E-state index in [1.54, 1.807) is 0 Å². The molecule has 0 N–H and O–H groups in total. The SMILES string of the molecule is CCC(=O)CC.Cc1cccc(C)c1. The molecule has 1 nitrogen and oxygen atoms in total. The minimum absolute atomic E-state index is 0.343. The summed E-state index contributed by atoms with van der Waals surface area (Å²) in [6.45, 7) is 7.97. The summed E-state index contributed by atoms with van der Waals surface area (Å²) in [6.07, 6.45) is 1.38. The van der Waals surface area contributed by atoms with Crippen LogP contribution in [0.15, 0.2) is 24.3 Å². The molecular formula is C13H20O. The topological polar surface area (TPSA) is 17.1 Å². The first-order valence-electron chi connectivity index (χ1n) is 5.15. The molecule has 0 amide bonds. The number of carbonyl (C=O) groups is 1. The van der Waals surface area contributed by atoms with E-state index in [2.05, 4.69) is 38.1 Å². The van der Waals surface area contributed by atoms with Crippen LogP contribution in [0.5, 0.6) is 0 Å². The molecule has 0 saturated carbocycles. The van der Waals surface area contributed by atoms with Gasteiger partial charge in [0.2, 0.25) is 0 Å². The Hall–Kier alpha value is -1.11. The van der Waals surface area contributed by atoms with Crippen molar-refractivity contribution in [2.75, 3.05) is 0 Å². The lowest BCUT2D eigenvalue weighted by Crippen LogP contribution is -1.88. The highest BCUT2D eigenvalue weighted by Gasteiger charge is 1.86. The smallest absolute Gasteiger partial charge is 0.132 e. The summed E-state index contributed by atoms with van der Waals surface area (Å²) in [7, 11) is 0. The van der Waals surface area contributed by atoms with Gasteiger partial charge in [-0.1, -0.05) is 49.2 Å². The molecule has 1 aromatic rings. The molecule has 0 heterocycles. The predicted octanol–water partition coefficient (Wildman–Crippen LogP) is 3.68. The average molecular weight is 192 g/mol. The number of Topliss-reactive ketones (excluding diaryl/α,β-unsaturated/α-hetero) is 1. The van der Waals surface area contributed by atoms with Gasteiger partial charge in [0.25, 0.3) is 0 Å². The Labute approximate surface area is 87.2 Å². The molecule has 0 aliphatic carbocycles. The zero-order chi connectivity index (χ0) is 11.0. The molecule has 0 fully saturated rings. The van der Waals surface area contributed by atoms with Crippen molar-refractivity contribution in [3.8, 4) is 0 Å². The lowest BCUT2D eigenvalue weighted by molar-refractivity contribution is -0.118. The molecule has 1 aromatic carbocycles. The van der Waals surface area contributed by atoms with Crippen LogP contribution in [0.2, 0.25) is 0 Å². The van der Waals surface area contributed by atoms with Crippen LogP contribution in [0.1, 0.15) is 37.8 Å². The molecule has 0 bridgehead atoms. The first-order chi connectivity index (χ1) is 6.60. The molecule has 14 heavy (non-hydrogen) atoms. The average Bonchev–Trinajstić information content (AvgIpc) is 2.17. The molecule has 78 valence electrons. The molecule has 0 unspecified atom stereocenters. The summed E-state index contributed by atoms with van der Waals surface area (Å²) < 4.78 is 0. The molecular weight excluding hydrogens is 172 g/mol. The Kier molecular flexibility index (Phi) is 6.73. The van der Waals surface area contributed by atoms with E-state index < -0.39 is 0 Å². The van der Waals surface area contributed by atoms with Crippen LogP contribution in [0.3, 0.4) is 0 Å². The second-order valence-corrected chi connectivity index (χ2v) is 3.40. The van der Waals surface area contributed by atoms with E-state index in [1.807, 2.05) is 13.8 Å². The van der Waals surface area contributed by atoms with Gasteiger partial charge in [0.15, 0.2) is 0 Å². The summed E-state index contributed by atoms with van der Waals surface area (Å²) >= 11 is 0. The first kappa shape index (κ1) is 12.9. The van der Waals surface area contributed by atoms with E-state index in [1.165, 1.54) is 11.1 Å². The molecule has 0 radical (unpaired) electrons. The van der Waals surface area contributed by atoms with Gasteiger partial charge in [0.05, 0.1) is 0 Å². The van der Waals surface area contributed by atoms with E-state index >= 15 is 0 Å². The Morgan fingerprint density at radius 2 is 1.50 bits per heavy atom. The fourth-order valence-corrected chi connectivity index (χ4v) is 1.06. The van der Waals surface area contributed by atoms with Crippen molar-refractivity contribution < 1.29 is 4.79 Å². The maximum atomic E-state index is 10.2. The van der Waals surface area contributed by atoms with Crippen molar-refractivity contribution in [2.45, 2.75) is 40.5 Å². The third kappa shape index (κ3) is 6.41. The van der Waals surface area contributed by atoms with Crippen LogP contribution in [-0.4, -0.2) is 5.78 Å². The van der Waals surface area contributed by atoms with Crippen LogP contribution in [0.25, 0.3) is 0 Å². The van der Waals surface area contributed by atoms with Gasteiger partial charge in [0, 0.05) is 12.8 Å². The van der Waals surface area contributed by atoms with Crippen molar-refractivity contribution >= 4 is 5.78 Å². The zero-order valence-corrected chi connectivity index (χ0v) is 9.63. The monoisotopic (exact) mass is 192 g/mol. The molecule has 1 heteroatoms. The Bertz CT molecular complexity index is 253. The number of carbonyl (C=O) groups excluding carboxylic acids is 1. The van der Waals surface area contributed by atoms with Crippen molar-refractivity contribution in [2.24, 2.45) is 0 Å². The van der Waals surface area contributed by atoms with Crippen LogP contribution >= 0.6 is 0 Å². The highest BCUT2D eigenvalue weighted by molar-refractivity contribution is 5.77. The van der Waals surface area contributed by atoms with E-state index in [9.17, 15) is 4.79 Å². The fraction of sp³-hybridized carbons (Fsp3) is 0.462. The van der Waals surface area contributed by atoms with E-state index in [4.69, 9.17) is 0 Å². The van der Waals surface area contributed by atoms with Crippen molar-refractivity contribution in [1.29, 1.82) is 0 Å². The molecule has 0 aliphatic rings. The molecule has 0 atom stereocenters. The maximum Gasteiger partial charge on any atom is 0.132 e. The molecule has 0 saturated heterocycles. The van der Waals surface area contributed by atoms with Gasteiger partial charge < -0.3 is 0 Å². The maximum absolute atomic E-state index is 10.2. The van der Waals surface area contributed by atoms with Crippen LogP contribution in [0.4, 0.5) is 0 Å². The Morgan fingerprint density at radius 3 is 1.64 bits per heavy atom. The number of rotatable bonds is 2. The summed E-state index contributed by atoms with van der Waals surface area (Å²) in [5.74, 6) is 0.343. The minimum Gasteiger partial charge on any atom is -0.300 e. The summed E-state index contributed by atoms with van der Waals surface area (Å²) in [4.78, 5) is 10.2. The summed E-state index contributed by atoms with van der Waals surface area (Å²) in [5, 5.41) is 0. The van der Waals surface area contributed by atoms with Gasteiger partial charge in [0.1, 0.15) is 5.78 Å². The normalized spacial score (nSPS) is 8.86. The fourth-order valence-electron chi connectivity index (χ4n) is 1.06. The first-order valence-corrected chi connectivity index (χ1v) is 5.15. The Morgan fingerprint density at radius 1 is 1.07 bits per heavy atom. The third-order valence-electron chi connectivity index (χ3n) is 1.96. The second kappa shape index (κ2) is 7.31. The quantitative estimate of drug-likeness (QED) is 0.698. The number of benzene rings is 1. The highest BCUT2D eigenvalue weighted by atomic mass is 16.1. The lowest BCUT2D eigenvalue weighted by atomic mass is 10.2. The number of hydrogen-bond acceptors (Lipinski definition) is 1. The minimum atomic E-state index is 0.343. The number of aryl methyl sites for hydroxylation is 2. The number of hydrogen-bond donors (Lipinski definition) is 0. The van der Waals surface area contributed by atoms with Gasteiger partial charge in [-0.25, -0.2) is 0 Å². The van der Waals surface area contributed by atoms with Gasteiger partial charge in [-0.2, -0.15) is 0 Å². The van der Waals surface area contributed by atoms with Crippen LogP contribution < -0.4 is 0 Å². The molecule has 0 aliphatic heterocycles. The van der Waals surface area contributed by atoms with Crippen LogP contribution in [0, 0.1) is 13.8 Å². The van der Waals surface area contributed by atoms with Crippen molar-refractivity contribution in [3.63, 3.8) is 0 Å². The third-order valence-corrected chi connectivity index (χ3v) is 1.96. The second-order valence-electron chi connectivity index (χ2n) is 3.40. The highest BCUT2D eigenvalue weighted by Crippen LogP contribution is 2.00. The summed E-state index contributed by atoms with van der Waals surface area (Å²) in [5.41, 5.74) is 2.68. The van der Waals surface area contributed by atoms with E-state index in [0.717, 1.165) is 0 Å². The predicted molar refractivity (Wildman–Crippen MR) is 61.5 cm³/mol. The van der Waals surface area contributed by atoms with E-state index in [0.29, 0.717) is 18.6 Å². The van der Waals surface area contributed by atoms with Crippen molar-refractivity contribution in [3.05, 3.63) is 35.4 Å². The molecule has 1 rings (SSSR count). The van der Waals surface area contributed by atoms with Gasteiger partial charge in [-0.05, 0) is 13.8 Å². The lowest BCUT2D eigenvalue weighted by Gasteiger charge is -1.90. The number of ketones is 1.